The Balaban J connectivity index is 0.000000162. The van der Waals surface area contributed by atoms with Gasteiger partial charge >= 0.3 is 0 Å². The molecule has 0 saturated carbocycles. The van der Waals surface area contributed by atoms with Crippen LogP contribution in [0.1, 0.15) is 70.0 Å². The number of benzene rings is 5. The number of amides is 2. The fourth-order valence-electron chi connectivity index (χ4n) is 7.42. The molecule has 2 aliphatic heterocycles. The Kier molecular flexibility index (Phi) is 11.1. The van der Waals surface area contributed by atoms with Gasteiger partial charge in [-0.1, -0.05) is 58.8 Å². The summed E-state index contributed by atoms with van der Waals surface area (Å²) in [5.41, 5.74) is 1.46. The van der Waals surface area contributed by atoms with Crippen LogP contribution in [0.5, 0.6) is 0 Å². The predicted octanol–water partition coefficient (Wildman–Crippen LogP) is 9.22. The minimum atomic E-state index is -0.774. The normalized spacial score (nSPS) is 16.8. The van der Waals surface area contributed by atoms with Gasteiger partial charge in [0.25, 0.3) is 11.8 Å². The summed E-state index contributed by atoms with van der Waals surface area (Å²) in [6.45, 7) is 2.05. The van der Waals surface area contributed by atoms with Gasteiger partial charge in [-0.05, 0) is 97.1 Å². The molecule has 0 unspecified atom stereocenters. The summed E-state index contributed by atoms with van der Waals surface area (Å²) in [4.78, 5) is 37.7. The zero-order valence-corrected chi connectivity index (χ0v) is 31.0. The first-order chi connectivity index (χ1) is 28.2. The van der Waals surface area contributed by atoms with E-state index in [1.807, 2.05) is 30.3 Å². The molecule has 2 fully saturated rings. The van der Waals surface area contributed by atoms with Crippen molar-refractivity contribution in [1.82, 2.24) is 30.1 Å². The van der Waals surface area contributed by atoms with Gasteiger partial charge in [-0.25, -0.2) is 17.6 Å². The van der Waals surface area contributed by atoms with Crippen LogP contribution in [0.2, 0.25) is 0 Å². The van der Waals surface area contributed by atoms with Gasteiger partial charge in [0.05, 0.1) is 17.4 Å². The van der Waals surface area contributed by atoms with Gasteiger partial charge in [0, 0.05) is 42.9 Å². The molecule has 7 aromatic rings. The van der Waals surface area contributed by atoms with Crippen LogP contribution in [-0.4, -0.2) is 68.1 Å². The number of hydrogen-bond acceptors (Lipinski definition) is 8. The number of likely N-dealkylation sites (tertiary alicyclic amines) is 2. The third-order valence-electron chi connectivity index (χ3n) is 10.4. The molecular weight excluding hydrogens is 753 g/mol. The van der Waals surface area contributed by atoms with Crippen molar-refractivity contribution in [3.8, 4) is 22.8 Å². The van der Waals surface area contributed by atoms with E-state index in [-0.39, 0.29) is 46.7 Å². The number of halogens is 4. The minimum Gasteiger partial charge on any atom is -0.339 e. The van der Waals surface area contributed by atoms with Crippen LogP contribution in [0.3, 0.4) is 0 Å². The lowest BCUT2D eigenvalue weighted by molar-refractivity contribution is 0.0688. The SMILES string of the molecule is O=C(c1ccc(F)cc1)N1CCC[C@H](c2nc(-c3c(F)cccc3F)no2)C1.O=C(c1ccc(F)cc1)N1CCC[C@H](c2nc(-c3cccc4ccccc34)no2)C1. The number of carbonyl (C=O) groups excluding carboxylic acids is 2. The highest BCUT2D eigenvalue weighted by atomic mass is 19.1. The summed E-state index contributed by atoms with van der Waals surface area (Å²) >= 11 is 0. The molecule has 5 aromatic carbocycles. The molecule has 10 nitrogen and oxygen atoms in total. The van der Waals surface area contributed by atoms with Crippen molar-refractivity contribution < 1.29 is 36.2 Å². The second-order valence-corrected chi connectivity index (χ2v) is 14.2. The van der Waals surface area contributed by atoms with Crippen molar-refractivity contribution in [3.05, 3.63) is 155 Å². The first-order valence-corrected chi connectivity index (χ1v) is 18.9. The zero-order chi connectivity index (χ0) is 40.2. The zero-order valence-electron chi connectivity index (χ0n) is 31.0. The molecule has 58 heavy (non-hydrogen) atoms. The molecule has 0 N–H and O–H groups in total. The molecule has 0 spiro atoms. The highest BCUT2D eigenvalue weighted by Crippen LogP contribution is 2.32. The number of nitrogens with zero attached hydrogens (tertiary/aromatic N) is 6. The summed E-state index contributed by atoms with van der Waals surface area (Å²) in [7, 11) is 0. The highest BCUT2D eigenvalue weighted by molar-refractivity contribution is 5.96. The second kappa shape index (κ2) is 16.8. The van der Waals surface area contributed by atoms with Crippen LogP contribution in [0.25, 0.3) is 33.5 Å². The Morgan fingerprint density at radius 1 is 0.569 bits per heavy atom. The van der Waals surface area contributed by atoms with Gasteiger partial charge in [0.2, 0.25) is 23.4 Å². The molecule has 2 aliphatic rings. The molecular formula is C44H36F4N6O4. The highest BCUT2D eigenvalue weighted by Gasteiger charge is 2.31. The third kappa shape index (κ3) is 8.22. The van der Waals surface area contributed by atoms with E-state index in [2.05, 4.69) is 32.4 Å². The van der Waals surface area contributed by atoms with E-state index >= 15 is 0 Å². The van der Waals surface area contributed by atoms with Gasteiger partial charge in [-0.2, -0.15) is 9.97 Å². The lowest BCUT2D eigenvalue weighted by atomic mass is 9.97. The summed E-state index contributed by atoms with van der Waals surface area (Å²) in [5, 5.41) is 10.1. The second-order valence-electron chi connectivity index (χ2n) is 14.2. The molecule has 4 heterocycles. The van der Waals surface area contributed by atoms with Crippen LogP contribution in [0.4, 0.5) is 17.6 Å². The van der Waals surface area contributed by atoms with E-state index in [9.17, 15) is 27.2 Å². The van der Waals surface area contributed by atoms with Crippen molar-refractivity contribution >= 4 is 22.6 Å². The Hall–Kier alpha value is -6.70. The molecule has 0 aliphatic carbocycles. The number of piperidine rings is 2. The van der Waals surface area contributed by atoms with Crippen molar-refractivity contribution in [2.24, 2.45) is 0 Å². The van der Waals surface area contributed by atoms with Crippen molar-refractivity contribution in [1.29, 1.82) is 0 Å². The topological polar surface area (TPSA) is 118 Å². The number of carbonyl (C=O) groups is 2. The maximum Gasteiger partial charge on any atom is 0.253 e. The van der Waals surface area contributed by atoms with Crippen molar-refractivity contribution in [3.63, 3.8) is 0 Å². The summed E-state index contributed by atoms with van der Waals surface area (Å²) < 4.78 is 64.9. The van der Waals surface area contributed by atoms with Crippen LogP contribution in [-0.2, 0) is 0 Å². The van der Waals surface area contributed by atoms with Gasteiger partial charge in [-0.15, -0.1) is 0 Å². The monoisotopic (exact) mass is 788 g/mol. The third-order valence-corrected chi connectivity index (χ3v) is 10.4. The Morgan fingerprint density at radius 3 is 1.62 bits per heavy atom. The largest absolute Gasteiger partial charge is 0.339 e. The van der Waals surface area contributed by atoms with E-state index in [1.165, 1.54) is 54.6 Å². The smallest absolute Gasteiger partial charge is 0.253 e. The van der Waals surface area contributed by atoms with Gasteiger partial charge in [-0.3, -0.25) is 9.59 Å². The Morgan fingerprint density at radius 2 is 1.05 bits per heavy atom. The number of fused-ring (bicyclic) bond motifs is 1. The van der Waals surface area contributed by atoms with E-state index < -0.39 is 17.5 Å². The molecule has 2 amide bonds. The maximum absolute atomic E-state index is 13.9. The van der Waals surface area contributed by atoms with Gasteiger partial charge in [0.15, 0.2) is 0 Å². The van der Waals surface area contributed by atoms with E-state index in [1.54, 1.807) is 9.80 Å². The van der Waals surface area contributed by atoms with Crippen LogP contribution < -0.4 is 0 Å². The quantitative estimate of drug-likeness (QED) is 0.153. The molecule has 0 radical (unpaired) electrons. The molecule has 0 bridgehead atoms. The summed E-state index contributed by atoms with van der Waals surface area (Å²) in [6.07, 6.45) is 3.14. The van der Waals surface area contributed by atoms with Crippen molar-refractivity contribution in [2.45, 2.75) is 37.5 Å². The molecule has 2 aromatic heterocycles. The molecule has 14 heteroatoms. The van der Waals surface area contributed by atoms with E-state index in [4.69, 9.17) is 9.05 Å². The van der Waals surface area contributed by atoms with Crippen LogP contribution >= 0.6 is 0 Å². The maximum atomic E-state index is 13.9. The van der Waals surface area contributed by atoms with Gasteiger partial charge in [0.1, 0.15) is 23.3 Å². The fourth-order valence-corrected chi connectivity index (χ4v) is 7.42. The van der Waals surface area contributed by atoms with Gasteiger partial charge < -0.3 is 18.8 Å². The molecule has 294 valence electrons. The Labute approximate surface area is 330 Å². The summed E-state index contributed by atoms with van der Waals surface area (Å²) in [5.74, 6) is -1.71. The Bertz CT molecular complexity index is 2530. The number of rotatable bonds is 6. The first-order valence-electron chi connectivity index (χ1n) is 18.9. The first kappa shape index (κ1) is 38.2. The van der Waals surface area contributed by atoms with E-state index in [0.29, 0.717) is 61.9 Å². The summed E-state index contributed by atoms with van der Waals surface area (Å²) in [6, 6.07) is 28.6. The lowest BCUT2D eigenvalue weighted by Crippen LogP contribution is -2.39. The van der Waals surface area contributed by atoms with Crippen LogP contribution in [0.15, 0.2) is 118 Å². The number of hydrogen-bond donors (Lipinski definition) is 0. The molecule has 2 atom stereocenters. The average molecular weight is 789 g/mol. The minimum absolute atomic E-state index is 0.0145. The van der Waals surface area contributed by atoms with E-state index in [0.717, 1.165) is 41.3 Å². The molecule has 9 rings (SSSR count). The number of aromatic nitrogens is 4. The van der Waals surface area contributed by atoms with Crippen LogP contribution in [0, 0.1) is 23.3 Å². The predicted molar refractivity (Wildman–Crippen MR) is 205 cm³/mol. The molecule has 2 saturated heterocycles. The van der Waals surface area contributed by atoms with Crippen molar-refractivity contribution in [2.75, 3.05) is 26.2 Å². The standard InChI is InChI=1S/C24H20FN3O2.C20H16F3N3O2/c25-19-12-10-17(11-13-19)24(29)28-14-4-7-18(15-28)23-26-22(27-30-23)21-9-3-6-16-5-1-2-8-20(16)21;21-14-8-6-12(7-9-14)20(27)26-10-2-3-13(11-26)19-24-18(25-28-19)17-15(22)4-1-5-16(17)23/h1-3,5-6,8-13,18H,4,7,14-15H2;1,4-9,13H,2-3,10-11H2/t18-;13-/m00/s1. The fraction of sp³-hybridized carbons (Fsp3) is 0.227. The average Bonchev–Trinajstić information content (AvgIpc) is 3.95. The lowest BCUT2D eigenvalue weighted by Gasteiger charge is -2.31.